The van der Waals surface area contributed by atoms with Gasteiger partial charge in [0.15, 0.2) is 0 Å². The summed E-state index contributed by atoms with van der Waals surface area (Å²) >= 11 is 0. The molecule has 0 spiro atoms. The van der Waals surface area contributed by atoms with Gasteiger partial charge in [0.25, 0.3) is 0 Å². The minimum atomic E-state index is -1.09. The van der Waals surface area contributed by atoms with E-state index in [-0.39, 0.29) is 23.9 Å². The van der Waals surface area contributed by atoms with E-state index in [1.807, 2.05) is 71.0 Å². The van der Waals surface area contributed by atoms with Gasteiger partial charge in [0.2, 0.25) is 5.91 Å². The van der Waals surface area contributed by atoms with Crippen LogP contribution in [0, 0.1) is 11.3 Å². The molecule has 3 rings (SSSR count). The third-order valence-electron chi connectivity index (χ3n) is 6.09. The van der Waals surface area contributed by atoms with Gasteiger partial charge in [-0.05, 0) is 46.4 Å². The largest absolute Gasteiger partial charge is 0.480 e. The topological polar surface area (TPSA) is 105 Å². The molecule has 2 atom stereocenters. The van der Waals surface area contributed by atoms with Crippen LogP contribution < -0.4 is 10.6 Å². The van der Waals surface area contributed by atoms with Gasteiger partial charge in [-0.3, -0.25) is 4.79 Å². The maximum atomic E-state index is 13.0. The fourth-order valence-corrected chi connectivity index (χ4v) is 4.57. The summed E-state index contributed by atoms with van der Waals surface area (Å²) in [6.45, 7) is 9.78. The Morgan fingerprint density at radius 1 is 0.914 bits per heavy atom. The van der Waals surface area contributed by atoms with E-state index in [9.17, 15) is 19.5 Å². The van der Waals surface area contributed by atoms with Gasteiger partial charge in [-0.2, -0.15) is 0 Å². The number of carboxylic acid groups (broad SMARTS) is 1. The molecule has 7 heteroatoms. The molecule has 1 aliphatic carbocycles. The molecular formula is C28H36N2O5. The van der Waals surface area contributed by atoms with E-state index in [2.05, 4.69) is 22.8 Å². The fraction of sp³-hybridized carbons (Fsp3) is 0.464. The summed E-state index contributed by atoms with van der Waals surface area (Å²) in [5.41, 5.74) is 4.18. The van der Waals surface area contributed by atoms with E-state index in [0.29, 0.717) is 12.8 Å². The lowest BCUT2D eigenvalue weighted by molar-refractivity contribution is -0.142. The van der Waals surface area contributed by atoms with Crippen molar-refractivity contribution in [3.05, 3.63) is 59.7 Å². The van der Waals surface area contributed by atoms with Crippen molar-refractivity contribution in [1.82, 2.24) is 10.6 Å². The third kappa shape index (κ3) is 6.84. The molecule has 0 aromatic heterocycles. The highest BCUT2D eigenvalue weighted by Gasteiger charge is 2.32. The number of hydrogen-bond acceptors (Lipinski definition) is 4. The number of carbonyl (C=O) groups excluding carboxylic acids is 2. The van der Waals surface area contributed by atoms with Crippen molar-refractivity contribution in [2.75, 3.05) is 6.61 Å². The second kappa shape index (κ2) is 10.9. The summed E-state index contributed by atoms with van der Waals surface area (Å²) in [7, 11) is 0. The molecule has 0 saturated carbocycles. The van der Waals surface area contributed by atoms with Gasteiger partial charge in [-0.25, -0.2) is 9.59 Å². The van der Waals surface area contributed by atoms with Gasteiger partial charge in [-0.15, -0.1) is 0 Å². The number of rotatable bonds is 9. The smallest absolute Gasteiger partial charge is 0.407 e. The van der Waals surface area contributed by atoms with E-state index in [1.54, 1.807) is 0 Å². The molecule has 1 aliphatic rings. The Kier molecular flexibility index (Phi) is 8.20. The molecule has 0 heterocycles. The average molecular weight is 481 g/mol. The molecule has 0 fully saturated rings. The monoisotopic (exact) mass is 480 g/mol. The van der Waals surface area contributed by atoms with Crippen molar-refractivity contribution < 1.29 is 24.2 Å². The first-order chi connectivity index (χ1) is 16.5. The molecule has 2 aromatic carbocycles. The van der Waals surface area contributed by atoms with Crippen molar-refractivity contribution in [1.29, 1.82) is 0 Å². The Morgan fingerprint density at radius 2 is 1.46 bits per heavy atom. The number of aliphatic carboxylic acids is 1. The number of alkyl carbamates (subject to hydrolysis) is 1. The van der Waals surface area contributed by atoms with Gasteiger partial charge >= 0.3 is 12.1 Å². The number of ether oxygens (including phenoxy) is 1. The molecule has 188 valence electrons. The van der Waals surface area contributed by atoms with Gasteiger partial charge in [-0.1, -0.05) is 83.1 Å². The molecule has 2 aromatic rings. The Bertz CT molecular complexity index is 1030. The lowest BCUT2D eigenvalue weighted by atomic mass is 9.87. The fourth-order valence-electron chi connectivity index (χ4n) is 4.57. The van der Waals surface area contributed by atoms with Gasteiger partial charge in [0.05, 0.1) is 0 Å². The minimum absolute atomic E-state index is 0.0903. The Morgan fingerprint density at radius 3 is 1.94 bits per heavy atom. The van der Waals surface area contributed by atoms with Crippen LogP contribution in [-0.4, -0.2) is 41.8 Å². The summed E-state index contributed by atoms with van der Waals surface area (Å²) in [6, 6.07) is 14.2. The number of carboxylic acids is 1. The SMILES string of the molecule is CC(C)C[C@H](NC(=O)C(CC(C)(C)C)NC(=O)OCC1c2ccccc2-c2ccccc21)C(=O)O. The molecule has 35 heavy (non-hydrogen) atoms. The second-order valence-corrected chi connectivity index (χ2v) is 10.8. The predicted molar refractivity (Wildman–Crippen MR) is 135 cm³/mol. The molecular weight excluding hydrogens is 444 g/mol. The highest BCUT2D eigenvalue weighted by atomic mass is 16.5. The molecule has 3 N–H and O–H groups in total. The molecule has 0 bridgehead atoms. The van der Waals surface area contributed by atoms with Crippen molar-refractivity contribution in [3.8, 4) is 11.1 Å². The van der Waals surface area contributed by atoms with Crippen LogP contribution in [0.3, 0.4) is 0 Å². The molecule has 0 aliphatic heterocycles. The van der Waals surface area contributed by atoms with Crippen molar-refractivity contribution >= 4 is 18.0 Å². The number of fused-ring (bicyclic) bond motifs is 3. The second-order valence-electron chi connectivity index (χ2n) is 10.8. The first-order valence-electron chi connectivity index (χ1n) is 12.1. The highest BCUT2D eigenvalue weighted by molar-refractivity contribution is 5.89. The van der Waals surface area contributed by atoms with Crippen LogP contribution in [0.15, 0.2) is 48.5 Å². The zero-order valence-corrected chi connectivity index (χ0v) is 21.1. The lowest BCUT2D eigenvalue weighted by Gasteiger charge is -2.27. The summed E-state index contributed by atoms with van der Waals surface area (Å²) < 4.78 is 5.61. The number of hydrogen-bond donors (Lipinski definition) is 3. The molecule has 2 amide bonds. The van der Waals surface area contributed by atoms with E-state index in [0.717, 1.165) is 22.3 Å². The number of carbonyl (C=O) groups is 3. The first kappa shape index (κ1) is 26.3. The predicted octanol–water partition coefficient (Wildman–Crippen LogP) is 4.95. The van der Waals surface area contributed by atoms with Crippen molar-refractivity contribution in [2.24, 2.45) is 11.3 Å². The molecule has 7 nitrogen and oxygen atoms in total. The van der Waals surface area contributed by atoms with Crippen LogP contribution in [0.5, 0.6) is 0 Å². The van der Waals surface area contributed by atoms with Crippen LogP contribution in [0.4, 0.5) is 4.79 Å². The summed E-state index contributed by atoms with van der Waals surface area (Å²) in [6.07, 6.45) is -0.0716. The van der Waals surface area contributed by atoms with Crippen molar-refractivity contribution in [3.63, 3.8) is 0 Å². The number of nitrogens with one attached hydrogen (secondary N) is 2. The van der Waals surface area contributed by atoms with E-state index < -0.39 is 30.1 Å². The van der Waals surface area contributed by atoms with Crippen molar-refractivity contribution in [2.45, 2.75) is 65.5 Å². The standard InChI is InChI=1S/C28H36N2O5/c1-17(2)14-23(26(32)33)29-25(31)24(15-28(3,4)5)30-27(34)35-16-22-20-12-8-6-10-18(20)19-11-7-9-13-21(19)22/h6-13,17,22-24H,14-16H2,1-5H3,(H,29,31)(H,30,34)(H,32,33)/t23-,24?/m0/s1. The van der Waals surface area contributed by atoms with Gasteiger partial charge in [0.1, 0.15) is 18.7 Å². The zero-order valence-electron chi connectivity index (χ0n) is 21.1. The normalized spacial score (nSPS) is 14.6. The Balaban J connectivity index is 1.69. The summed E-state index contributed by atoms with van der Waals surface area (Å²) in [5, 5.41) is 14.8. The lowest BCUT2D eigenvalue weighted by Crippen LogP contribution is -2.53. The quantitative estimate of drug-likeness (QED) is 0.471. The van der Waals surface area contributed by atoms with Crippen LogP contribution in [0.1, 0.15) is 64.5 Å². The van der Waals surface area contributed by atoms with E-state index >= 15 is 0 Å². The molecule has 1 unspecified atom stereocenters. The van der Waals surface area contributed by atoms with Gasteiger partial charge < -0.3 is 20.5 Å². The summed E-state index contributed by atoms with van der Waals surface area (Å²) in [4.78, 5) is 37.4. The minimum Gasteiger partial charge on any atom is -0.480 e. The van der Waals surface area contributed by atoms with Gasteiger partial charge in [0, 0.05) is 5.92 Å². The Hall–Kier alpha value is -3.35. The highest BCUT2D eigenvalue weighted by Crippen LogP contribution is 2.44. The van der Waals surface area contributed by atoms with Crippen LogP contribution in [0.25, 0.3) is 11.1 Å². The zero-order chi connectivity index (χ0) is 25.8. The number of benzene rings is 2. The average Bonchev–Trinajstić information content (AvgIpc) is 3.09. The summed E-state index contributed by atoms with van der Waals surface area (Å²) in [5.74, 6) is -1.62. The van der Waals surface area contributed by atoms with E-state index in [1.165, 1.54) is 0 Å². The Labute approximate surface area is 207 Å². The maximum absolute atomic E-state index is 13.0. The third-order valence-corrected chi connectivity index (χ3v) is 6.09. The van der Waals surface area contributed by atoms with Crippen LogP contribution >= 0.6 is 0 Å². The van der Waals surface area contributed by atoms with Crippen LogP contribution in [-0.2, 0) is 14.3 Å². The first-order valence-corrected chi connectivity index (χ1v) is 12.1. The molecule has 0 saturated heterocycles. The number of amides is 2. The van der Waals surface area contributed by atoms with E-state index in [4.69, 9.17) is 4.74 Å². The maximum Gasteiger partial charge on any atom is 0.407 e. The molecule has 0 radical (unpaired) electrons. The van der Waals surface area contributed by atoms with Crippen LogP contribution in [0.2, 0.25) is 0 Å².